The van der Waals surface area contributed by atoms with Crippen LogP contribution in [0.4, 0.5) is 0 Å². The Labute approximate surface area is 153 Å². The maximum atomic E-state index is 5.69. The molecule has 5 rings (SSSR count). The third kappa shape index (κ3) is 3.25. The van der Waals surface area contributed by atoms with Gasteiger partial charge in [-0.05, 0) is 79.4 Å². The first kappa shape index (κ1) is 16.9. The minimum Gasteiger partial charge on any atom is -0.467 e. The van der Waals surface area contributed by atoms with Crippen LogP contribution in [0.5, 0.6) is 5.75 Å². The Kier molecular flexibility index (Phi) is 4.90. The quantitative estimate of drug-likeness (QED) is 0.487. The van der Waals surface area contributed by atoms with Gasteiger partial charge in [-0.3, -0.25) is 0 Å². The second-order valence-electron chi connectivity index (χ2n) is 7.97. The first-order valence-corrected chi connectivity index (χ1v) is 10.3. The minimum atomic E-state index is -0.267. The van der Waals surface area contributed by atoms with Crippen LogP contribution in [0, 0.1) is 17.8 Å². The summed E-state index contributed by atoms with van der Waals surface area (Å²) >= 11 is 3.34. The molecule has 4 saturated carbocycles. The number of benzene rings is 1. The van der Waals surface area contributed by atoms with Crippen molar-refractivity contribution >= 4 is 15.9 Å². The van der Waals surface area contributed by atoms with Gasteiger partial charge < -0.3 is 14.2 Å². The molecule has 1 aromatic rings. The summed E-state index contributed by atoms with van der Waals surface area (Å²) in [4.78, 5) is 0. The SMILES string of the molecule is COC(CBr)OCOc1ccc(C23CC4CC(CC(C4)C2)C3)cc1. The van der Waals surface area contributed by atoms with Crippen LogP contribution >= 0.6 is 15.9 Å². The Morgan fingerprint density at radius 2 is 1.62 bits per heavy atom. The summed E-state index contributed by atoms with van der Waals surface area (Å²) in [7, 11) is 1.63. The summed E-state index contributed by atoms with van der Waals surface area (Å²) in [6.45, 7) is 0.209. The molecule has 0 saturated heterocycles. The van der Waals surface area contributed by atoms with E-state index < -0.39 is 0 Å². The molecule has 0 heterocycles. The van der Waals surface area contributed by atoms with E-state index in [1.54, 1.807) is 7.11 Å². The van der Waals surface area contributed by atoms with Crippen molar-refractivity contribution in [3.63, 3.8) is 0 Å². The highest BCUT2D eigenvalue weighted by atomic mass is 79.9. The molecule has 3 nitrogen and oxygen atoms in total. The zero-order valence-corrected chi connectivity index (χ0v) is 16.0. The monoisotopic (exact) mass is 394 g/mol. The second-order valence-corrected chi connectivity index (χ2v) is 8.62. The van der Waals surface area contributed by atoms with Gasteiger partial charge in [0.15, 0.2) is 13.1 Å². The molecule has 4 heteroatoms. The number of methoxy groups -OCH3 is 1. The molecule has 0 spiro atoms. The number of rotatable bonds is 7. The van der Waals surface area contributed by atoms with Crippen LogP contribution in [0.1, 0.15) is 44.1 Å². The number of alkyl halides is 1. The normalized spacial score (nSPS) is 35.2. The number of halogens is 1. The van der Waals surface area contributed by atoms with Gasteiger partial charge in [0.25, 0.3) is 0 Å². The topological polar surface area (TPSA) is 27.7 Å². The lowest BCUT2D eigenvalue weighted by molar-refractivity contribution is -0.146. The molecule has 0 aromatic heterocycles. The van der Waals surface area contributed by atoms with Crippen molar-refractivity contribution in [3.8, 4) is 5.75 Å². The predicted octanol–water partition coefficient (Wildman–Crippen LogP) is 4.87. The van der Waals surface area contributed by atoms with Gasteiger partial charge in [-0.1, -0.05) is 28.1 Å². The number of ether oxygens (including phenoxy) is 3. The number of hydrogen-bond acceptors (Lipinski definition) is 3. The zero-order valence-electron chi connectivity index (χ0n) is 14.4. The molecule has 1 atom stereocenters. The molecule has 4 aliphatic rings. The molecular formula is C20H27BrO3. The Bertz CT molecular complexity index is 517. The van der Waals surface area contributed by atoms with E-state index in [1.807, 2.05) is 0 Å². The van der Waals surface area contributed by atoms with Crippen LogP contribution < -0.4 is 4.74 Å². The van der Waals surface area contributed by atoms with Crippen molar-refractivity contribution in [3.05, 3.63) is 29.8 Å². The largest absolute Gasteiger partial charge is 0.467 e. The van der Waals surface area contributed by atoms with Gasteiger partial charge in [-0.2, -0.15) is 0 Å². The fourth-order valence-corrected chi connectivity index (χ4v) is 6.17. The lowest BCUT2D eigenvalue weighted by Crippen LogP contribution is -2.48. The molecule has 0 aliphatic heterocycles. The second kappa shape index (κ2) is 6.97. The average Bonchev–Trinajstić information content (AvgIpc) is 2.58. The minimum absolute atomic E-state index is 0.209. The van der Waals surface area contributed by atoms with Crippen molar-refractivity contribution in [2.75, 3.05) is 19.2 Å². The standard InChI is InChI=1S/C20H27BrO3/c1-22-19(12-21)24-13-23-18-4-2-17(3-5-18)20-9-14-6-15(10-20)8-16(7-14)11-20/h2-5,14-16,19H,6-13H2,1H3. The molecule has 132 valence electrons. The van der Waals surface area contributed by atoms with Gasteiger partial charge in [0.2, 0.25) is 0 Å². The summed E-state index contributed by atoms with van der Waals surface area (Å²) in [5.41, 5.74) is 1.99. The Morgan fingerprint density at radius 3 is 2.12 bits per heavy atom. The van der Waals surface area contributed by atoms with Gasteiger partial charge in [-0.25, -0.2) is 0 Å². The summed E-state index contributed by atoms with van der Waals surface area (Å²) in [5, 5.41) is 0.637. The van der Waals surface area contributed by atoms with Crippen LogP contribution in [0.3, 0.4) is 0 Å². The Balaban J connectivity index is 1.39. The van der Waals surface area contributed by atoms with Crippen LogP contribution in [-0.4, -0.2) is 25.5 Å². The summed E-state index contributed by atoms with van der Waals surface area (Å²) in [6.07, 6.45) is 8.43. The van der Waals surface area contributed by atoms with Gasteiger partial charge in [0, 0.05) is 7.11 Å². The van der Waals surface area contributed by atoms with Gasteiger partial charge in [0.05, 0.1) is 5.33 Å². The average molecular weight is 395 g/mol. The maximum absolute atomic E-state index is 5.69. The van der Waals surface area contributed by atoms with E-state index in [9.17, 15) is 0 Å². The lowest BCUT2D eigenvalue weighted by atomic mass is 9.48. The lowest BCUT2D eigenvalue weighted by Gasteiger charge is -2.57. The summed E-state index contributed by atoms with van der Waals surface area (Å²) in [5.74, 6) is 3.82. The van der Waals surface area contributed by atoms with Gasteiger partial charge in [0.1, 0.15) is 5.75 Å². The predicted molar refractivity (Wildman–Crippen MR) is 97.5 cm³/mol. The third-order valence-corrected chi connectivity index (χ3v) is 6.90. The first-order chi connectivity index (χ1) is 11.7. The molecule has 1 aromatic carbocycles. The molecular weight excluding hydrogens is 368 g/mol. The first-order valence-electron chi connectivity index (χ1n) is 9.14. The smallest absolute Gasteiger partial charge is 0.191 e. The van der Waals surface area contributed by atoms with Crippen molar-refractivity contribution in [2.24, 2.45) is 17.8 Å². The highest BCUT2D eigenvalue weighted by Gasteiger charge is 2.51. The fourth-order valence-electron chi connectivity index (χ4n) is 5.72. The molecule has 1 unspecified atom stereocenters. The summed E-state index contributed by atoms with van der Waals surface area (Å²) < 4.78 is 16.3. The van der Waals surface area contributed by atoms with Crippen molar-refractivity contribution < 1.29 is 14.2 Å². The number of hydrogen-bond donors (Lipinski definition) is 0. The van der Waals surface area contributed by atoms with Crippen LogP contribution in [0.15, 0.2) is 24.3 Å². The highest BCUT2D eigenvalue weighted by Crippen LogP contribution is 2.60. The molecule has 24 heavy (non-hydrogen) atoms. The van der Waals surface area contributed by atoms with Crippen molar-refractivity contribution in [1.82, 2.24) is 0 Å². The van der Waals surface area contributed by atoms with Crippen molar-refractivity contribution in [1.29, 1.82) is 0 Å². The maximum Gasteiger partial charge on any atom is 0.191 e. The Hall–Kier alpha value is -0.580. The molecule has 4 bridgehead atoms. The van der Waals surface area contributed by atoms with E-state index in [-0.39, 0.29) is 13.1 Å². The van der Waals surface area contributed by atoms with E-state index >= 15 is 0 Å². The molecule has 0 N–H and O–H groups in total. The van der Waals surface area contributed by atoms with Crippen LogP contribution in [-0.2, 0) is 14.9 Å². The molecule has 0 amide bonds. The van der Waals surface area contributed by atoms with E-state index in [1.165, 1.54) is 44.1 Å². The molecule has 0 radical (unpaired) electrons. The van der Waals surface area contributed by atoms with E-state index in [4.69, 9.17) is 14.2 Å². The van der Waals surface area contributed by atoms with Crippen molar-refractivity contribution in [2.45, 2.75) is 50.2 Å². The molecule has 4 fully saturated rings. The van der Waals surface area contributed by atoms with E-state index in [0.29, 0.717) is 10.7 Å². The van der Waals surface area contributed by atoms with E-state index in [0.717, 1.165) is 23.5 Å². The van der Waals surface area contributed by atoms with E-state index in [2.05, 4.69) is 40.2 Å². The summed E-state index contributed by atoms with van der Waals surface area (Å²) in [6, 6.07) is 8.79. The highest BCUT2D eigenvalue weighted by molar-refractivity contribution is 9.09. The third-order valence-electron chi connectivity index (χ3n) is 6.37. The van der Waals surface area contributed by atoms with Crippen LogP contribution in [0.2, 0.25) is 0 Å². The van der Waals surface area contributed by atoms with Crippen LogP contribution in [0.25, 0.3) is 0 Å². The Morgan fingerprint density at radius 1 is 1.04 bits per heavy atom. The zero-order chi connectivity index (χ0) is 16.6. The fraction of sp³-hybridized carbons (Fsp3) is 0.700. The van der Waals surface area contributed by atoms with Gasteiger partial charge in [-0.15, -0.1) is 0 Å². The molecule has 4 aliphatic carbocycles. The van der Waals surface area contributed by atoms with Gasteiger partial charge >= 0.3 is 0 Å².